The van der Waals surface area contributed by atoms with Gasteiger partial charge in [0, 0.05) is 19.3 Å². The maximum atomic E-state index is 12.8. The van der Waals surface area contributed by atoms with Crippen LogP contribution in [0.4, 0.5) is 0 Å². The van der Waals surface area contributed by atoms with Gasteiger partial charge >= 0.3 is 17.9 Å². The number of esters is 3. The van der Waals surface area contributed by atoms with Crippen LogP contribution < -0.4 is 0 Å². The molecule has 0 aliphatic carbocycles. The summed E-state index contributed by atoms with van der Waals surface area (Å²) in [5.41, 5.74) is 0. The van der Waals surface area contributed by atoms with Crippen LogP contribution in [0.1, 0.15) is 258 Å². The summed E-state index contributed by atoms with van der Waals surface area (Å²) in [6.45, 7) is 6.41. The maximum absolute atomic E-state index is 12.8. The lowest BCUT2D eigenvalue weighted by atomic mass is 10.0. The van der Waals surface area contributed by atoms with Crippen molar-refractivity contribution in [3.05, 3.63) is 97.2 Å². The lowest BCUT2D eigenvalue weighted by molar-refractivity contribution is -0.166. The van der Waals surface area contributed by atoms with E-state index in [4.69, 9.17) is 14.2 Å². The zero-order valence-corrected chi connectivity index (χ0v) is 44.3. The van der Waals surface area contributed by atoms with Crippen molar-refractivity contribution in [3.8, 4) is 0 Å². The number of unbranched alkanes of at least 4 members (excludes halogenated alkanes) is 23. The van der Waals surface area contributed by atoms with E-state index in [1.807, 2.05) is 12.2 Å². The van der Waals surface area contributed by atoms with Crippen molar-refractivity contribution in [2.24, 2.45) is 0 Å². The summed E-state index contributed by atoms with van der Waals surface area (Å²) < 4.78 is 16.7. The molecular formula is C62H104O6. The molecular weight excluding hydrogens is 841 g/mol. The van der Waals surface area contributed by atoms with Gasteiger partial charge in [-0.05, 0) is 77.0 Å². The number of carbonyl (C=O) groups is 3. The fourth-order valence-electron chi connectivity index (χ4n) is 7.64. The standard InChI is InChI=1S/C62H104O6/c1-4-7-10-13-16-19-22-25-27-29-31-33-34-37-40-43-46-49-52-55-61(64)67-58-59(57-66-60(63)54-51-48-45-42-39-36-24-21-18-15-12-9-6-3)68-62(65)56-53-50-47-44-41-38-35-32-30-28-26-23-20-17-14-11-8-5-2/h7,10,16,19,25,27,31,33,36-37,39-40,45-46,48-49,59H,4-6,8-9,11-15,17-18,20-24,26,28-30,32,34-35,38,41-44,47,50-58H2,1-3H3/b10-7-,19-16-,27-25-,33-31-,39-36-,40-37-,48-45-,49-46-. The summed E-state index contributed by atoms with van der Waals surface area (Å²) in [5.74, 6) is -1.07. The minimum absolute atomic E-state index is 0.130. The van der Waals surface area contributed by atoms with Gasteiger partial charge < -0.3 is 14.2 Å². The molecule has 0 saturated heterocycles. The van der Waals surface area contributed by atoms with Crippen molar-refractivity contribution >= 4 is 17.9 Å². The third-order valence-corrected chi connectivity index (χ3v) is 11.8. The van der Waals surface area contributed by atoms with Gasteiger partial charge in [-0.1, -0.05) is 259 Å². The van der Waals surface area contributed by atoms with Gasteiger partial charge in [-0.15, -0.1) is 0 Å². The molecule has 6 heteroatoms. The molecule has 0 bridgehead atoms. The Morgan fingerprint density at radius 3 is 0.956 bits per heavy atom. The van der Waals surface area contributed by atoms with Gasteiger partial charge in [0.25, 0.3) is 0 Å². The molecule has 1 atom stereocenters. The molecule has 0 aliphatic heterocycles. The molecule has 68 heavy (non-hydrogen) atoms. The molecule has 388 valence electrons. The van der Waals surface area contributed by atoms with Gasteiger partial charge in [0.2, 0.25) is 0 Å². The molecule has 0 aromatic carbocycles. The SMILES string of the molecule is CC/C=C\C/C=C\C/C=C\C/C=C\C/C=C\C/C=C\CCC(=O)OCC(COC(=O)CC/C=C\C/C=C\CCCCCCCC)OC(=O)CCCCCCCCCCCCCCCCCCCC. The molecule has 6 nitrogen and oxygen atoms in total. The molecule has 0 aromatic heterocycles. The summed E-state index contributed by atoms with van der Waals surface area (Å²) >= 11 is 0. The maximum Gasteiger partial charge on any atom is 0.306 e. The molecule has 0 N–H and O–H groups in total. The van der Waals surface area contributed by atoms with E-state index in [1.54, 1.807) is 0 Å². The van der Waals surface area contributed by atoms with Crippen LogP contribution in [0.3, 0.4) is 0 Å². The second-order valence-electron chi connectivity index (χ2n) is 18.5. The summed E-state index contributed by atoms with van der Waals surface area (Å²) in [4.78, 5) is 38.0. The fourth-order valence-corrected chi connectivity index (χ4v) is 7.64. The molecule has 0 saturated carbocycles. The Labute approximate surface area is 419 Å². The van der Waals surface area contributed by atoms with Gasteiger partial charge in [-0.2, -0.15) is 0 Å². The third kappa shape index (κ3) is 53.3. The van der Waals surface area contributed by atoms with Crippen molar-refractivity contribution < 1.29 is 28.6 Å². The first kappa shape index (κ1) is 64.3. The normalized spacial score (nSPS) is 12.8. The topological polar surface area (TPSA) is 78.9 Å². The van der Waals surface area contributed by atoms with E-state index in [-0.39, 0.29) is 44.0 Å². The Morgan fingerprint density at radius 2 is 0.603 bits per heavy atom. The van der Waals surface area contributed by atoms with Crippen LogP contribution in [0, 0.1) is 0 Å². The lowest BCUT2D eigenvalue weighted by Crippen LogP contribution is -2.30. The molecule has 0 aromatic rings. The Morgan fingerprint density at radius 1 is 0.309 bits per heavy atom. The summed E-state index contributed by atoms with van der Waals surface area (Å²) in [5, 5.41) is 0. The number of allylic oxidation sites excluding steroid dienone is 16. The second-order valence-corrected chi connectivity index (χ2v) is 18.5. The highest BCUT2D eigenvalue weighted by atomic mass is 16.6. The van der Waals surface area contributed by atoms with E-state index >= 15 is 0 Å². The minimum Gasteiger partial charge on any atom is -0.462 e. The average Bonchev–Trinajstić information content (AvgIpc) is 3.34. The van der Waals surface area contributed by atoms with Gasteiger partial charge in [-0.3, -0.25) is 14.4 Å². The van der Waals surface area contributed by atoms with Crippen LogP contribution in [-0.2, 0) is 28.6 Å². The van der Waals surface area contributed by atoms with Gasteiger partial charge in [-0.25, -0.2) is 0 Å². The molecule has 1 unspecified atom stereocenters. The highest BCUT2D eigenvalue weighted by molar-refractivity contribution is 5.71. The summed E-state index contributed by atoms with van der Waals surface area (Å²) in [6.07, 6.45) is 74.2. The van der Waals surface area contributed by atoms with E-state index in [0.29, 0.717) is 19.3 Å². The van der Waals surface area contributed by atoms with E-state index in [1.165, 1.54) is 135 Å². The Hall–Kier alpha value is -3.67. The van der Waals surface area contributed by atoms with E-state index < -0.39 is 6.10 Å². The zero-order valence-electron chi connectivity index (χ0n) is 44.3. The predicted molar refractivity (Wildman–Crippen MR) is 293 cm³/mol. The Balaban J connectivity index is 4.52. The van der Waals surface area contributed by atoms with Crippen molar-refractivity contribution in [1.82, 2.24) is 0 Å². The molecule has 0 aliphatic rings. The molecule has 0 amide bonds. The summed E-state index contributed by atoms with van der Waals surface area (Å²) in [6, 6.07) is 0. The second kappa shape index (κ2) is 55.9. The van der Waals surface area contributed by atoms with Crippen molar-refractivity contribution in [2.75, 3.05) is 13.2 Å². The number of rotatable bonds is 50. The number of hydrogen-bond donors (Lipinski definition) is 0. The first-order valence-corrected chi connectivity index (χ1v) is 28.2. The first-order chi connectivity index (χ1) is 33.5. The highest BCUT2D eigenvalue weighted by Gasteiger charge is 2.19. The molecule has 0 radical (unpaired) electrons. The van der Waals surface area contributed by atoms with E-state index in [0.717, 1.165) is 70.6 Å². The van der Waals surface area contributed by atoms with Gasteiger partial charge in [0.05, 0.1) is 0 Å². The molecule has 0 fully saturated rings. The van der Waals surface area contributed by atoms with Crippen molar-refractivity contribution in [1.29, 1.82) is 0 Å². The minimum atomic E-state index is -0.829. The quantitative estimate of drug-likeness (QED) is 0.0262. The number of hydrogen-bond acceptors (Lipinski definition) is 6. The van der Waals surface area contributed by atoms with E-state index in [9.17, 15) is 14.4 Å². The van der Waals surface area contributed by atoms with Crippen molar-refractivity contribution in [2.45, 2.75) is 264 Å². The Kier molecular flexibility index (Phi) is 52.9. The van der Waals surface area contributed by atoms with Crippen molar-refractivity contribution in [3.63, 3.8) is 0 Å². The smallest absolute Gasteiger partial charge is 0.306 e. The molecule has 0 rings (SSSR count). The van der Waals surface area contributed by atoms with E-state index in [2.05, 4.69) is 106 Å². The van der Waals surface area contributed by atoms with Crippen LogP contribution in [0.5, 0.6) is 0 Å². The van der Waals surface area contributed by atoms with Crippen LogP contribution in [0.2, 0.25) is 0 Å². The van der Waals surface area contributed by atoms with Crippen LogP contribution in [0.25, 0.3) is 0 Å². The molecule has 0 heterocycles. The van der Waals surface area contributed by atoms with Crippen LogP contribution in [-0.4, -0.2) is 37.2 Å². The number of ether oxygens (including phenoxy) is 3. The van der Waals surface area contributed by atoms with Gasteiger partial charge in [0.15, 0.2) is 6.10 Å². The average molecular weight is 946 g/mol. The largest absolute Gasteiger partial charge is 0.462 e. The highest BCUT2D eigenvalue weighted by Crippen LogP contribution is 2.15. The monoisotopic (exact) mass is 945 g/mol. The van der Waals surface area contributed by atoms with Crippen LogP contribution >= 0.6 is 0 Å². The lowest BCUT2D eigenvalue weighted by Gasteiger charge is -2.18. The van der Waals surface area contributed by atoms with Gasteiger partial charge in [0.1, 0.15) is 13.2 Å². The number of carbonyl (C=O) groups excluding carboxylic acids is 3. The third-order valence-electron chi connectivity index (χ3n) is 11.8. The first-order valence-electron chi connectivity index (χ1n) is 28.2. The predicted octanol–water partition coefficient (Wildman–Crippen LogP) is 18.9. The molecule has 0 spiro atoms. The Bertz CT molecular complexity index is 1360. The zero-order chi connectivity index (χ0) is 49.3. The fraction of sp³-hybridized carbons (Fsp3) is 0.694. The summed E-state index contributed by atoms with van der Waals surface area (Å²) in [7, 11) is 0. The van der Waals surface area contributed by atoms with Crippen LogP contribution in [0.15, 0.2) is 97.2 Å².